The summed E-state index contributed by atoms with van der Waals surface area (Å²) < 4.78 is 6.90. The van der Waals surface area contributed by atoms with Crippen LogP contribution in [0.15, 0.2) is 59.2 Å². The Labute approximate surface area is 176 Å². The Balaban J connectivity index is 1.64. The minimum atomic E-state index is -0.446. The van der Waals surface area contributed by atoms with Crippen LogP contribution in [0.25, 0.3) is 16.7 Å². The molecule has 30 heavy (non-hydrogen) atoms. The highest BCUT2D eigenvalue weighted by atomic mass is 32.2. The number of amides is 2. The summed E-state index contributed by atoms with van der Waals surface area (Å²) in [4.78, 5) is 33.1. The Morgan fingerprint density at radius 2 is 2.07 bits per heavy atom. The average Bonchev–Trinajstić information content (AvgIpc) is 3.17. The molecule has 0 spiro atoms. The van der Waals surface area contributed by atoms with Gasteiger partial charge in [-0.1, -0.05) is 30.0 Å². The standard InChI is InChI=1S/C20H20N6O3S/c1-3-29-19(27)16-12(2)24-20(28)25-15(16)10-30-18-14-9-23-26(17(14)21-11-22-18)13-7-5-4-6-8-13/h4-9,11-12H,3,10H2,1-2H3,(H2,24,25,28)/t12-/m0/s1. The van der Waals surface area contributed by atoms with Crippen molar-refractivity contribution in [3.8, 4) is 5.69 Å². The number of rotatable bonds is 6. The number of hydrogen-bond acceptors (Lipinski definition) is 7. The smallest absolute Gasteiger partial charge is 0.337 e. The van der Waals surface area contributed by atoms with Gasteiger partial charge in [-0.15, -0.1) is 0 Å². The van der Waals surface area contributed by atoms with Crippen LogP contribution in [0.5, 0.6) is 0 Å². The molecule has 3 aromatic rings. The molecule has 2 aromatic heterocycles. The van der Waals surface area contributed by atoms with Gasteiger partial charge < -0.3 is 15.4 Å². The summed E-state index contributed by atoms with van der Waals surface area (Å²) in [6.45, 7) is 3.76. The van der Waals surface area contributed by atoms with Crippen LogP contribution >= 0.6 is 11.8 Å². The van der Waals surface area contributed by atoms with Crippen molar-refractivity contribution >= 4 is 34.8 Å². The first kappa shape index (κ1) is 19.9. The van der Waals surface area contributed by atoms with Crippen LogP contribution in [-0.2, 0) is 9.53 Å². The van der Waals surface area contributed by atoms with E-state index in [-0.39, 0.29) is 12.6 Å². The molecule has 3 heterocycles. The monoisotopic (exact) mass is 424 g/mol. The molecule has 0 saturated carbocycles. The number of para-hydroxylation sites is 1. The van der Waals surface area contributed by atoms with Gasteiger partial charge in [0, 0.05) is 11.4 Å². The fourth-order valence-electron chi connectivity index (χ4n) is 3.23. The van der Waals surface area contributed by atoms with Gasteiger partial charge >= 0.3 is 12.0 Å². The first-order valence-corrected chi connectivity index (χ1v) is 10.4. The van der Waals surface area contributed by atoms with Gasteiger partial charge in [-0.3, -0.25) is 0 Å². The quantitative estimate of drug-likeness (QED) is 0.355. The number of carbonyl (C=O) groups excluding carboxylic acids is 2. The molecular weight excluding hydrogens is 404 g/mol. The third-order valence-electron chi connectivity index (χ3n) is 4.55. The summed E-state index contributed by atoms with van der Waals surface area (Å²) in [7, 11) is 0. The second kappa shape index (κ2) is 8.54. The molecule has 1 aliphatic rings. The van der Waals surface area contributed by atoms with E-state index in [0.717, 1.165) is 11.1 Å². The summed E-state index contributed by atoms with van der Waals surface area (Å²) in [5.74, 6) is -0.105. The Kier molecular flexibility index (Phi) is 5.66. The van der Waals surface area contributed by atoms with Crippen LogP contribution in [0.4, 0.5) is 4.79 Å². The molecule has 1 aliphatic heterocycles. The molecule has 1 aromatic carbocycles. The van der Waals surface area contributed by atoms with Crippen LogP contribution in [0.2, 0.25) is 0 Å². The molecule has 10 heteroatoms. The average molecular weight is 424 g/mol. The zero-order valence-electron chi connectivity index (χ0n) is 16.5. The van der Waals surface area contributed by atoms with Crippen molar-refractivity contribution in [1.82, 2.24) is 30.4 Å². The van der Waals surface area contributed by atoms with E-state index in [1.165, 1.54) is 18.1 Å². The number of urea groups is 1. The lowest BCUT2D eigenvalue weighted by molar-refractivity contribution is -0.138. The predicted molar refractivity (Wildman–Crippen MR) is 112 cm³/mol. The van der Waals surface area contributed by atoms with Crippen LogP contribution < -0.4 is 10.6 Å². The highest BCUT2D eigenvalue weighted by Gasteiger charge is 2.29. The van der Waals surface area contributed by atoms with Crippen LogP contribution in [0.1, 0.15) is 13.8 Å². The number of hydrogen-bond donors (Lipinski definition) is 2. The molecule has 0 aliphatic carbocycles. The second-order valence-electron chi connectivity index (χ2n) is 6.53. The maximum Gasteiger partial charge on any atom is 0.337 e. The van der Waals surface area contributed by atoms with E-state index in [4.69, 9.17) is 4.74 Å². The normalized spacial score (nSPS) is 16.3. The van der Waals surface area contributed by atoms with Crippen LogP contribution in [0.3, 0.4) is 0 Å². The molecule has 0 saturated heterocycles. The lowest BCUT2D eigenvalue weighted by Gasteiger charge is -2.26. The predicted octanol–water partition coefficient (Wildman–Crippen LogP) is 2.43. The maximum absolute atomic E-state index is 12.4. The number of fused-ring (bicyclic) bond motifs is 1. The summed E-state index contributed by atoms with van der Waals surface area (Å²) in [6, 6.07) is 8.91. The molecular formula is C20H20N6O3S. The zero-order valence-corrected chi connectivity index (χ0v) is 17.3. The largest absolute Gasteiger partial charge is 0.463 e. The first-order chi connectivity index (χ1) is 14.6. The SMILES string of the molecule is CCOC(=O)C1=C(CSc2ncnc3c2cnn3-c2ccccc2)NC(=O)N[C@H]1C. The van der Waals surface area contributed by atoms with E-state index in [2.05, 4.69) is 25.7 Å². The van der Waals surface area contributed by atoms with Crippen molar-refractivity contribution in [2.45, 2.75) is 24.9 Å². The lowest BCUT2D eigenvalue weighted by Crippen LogP contribution is -2.49. The Morgan fingerprint density at radius 3 is 2.83 bits per heavy atom. The van der Waals surface area contributed by atoms with Gasteiger partial charge in [0.05, 0.1) is 35.5 Å². The molecule has 0 bridgehead atoms. The van der Waals surface area contributed by atoms with Crippen molar-refractivity contribution in [2.24, 2.45) is 0 Å². The van der Waals surface area contributed by atoms with E-state index < -0.39 is 12.0 Å². The van der Waals surface area contributed by atoms with Crippen molar-refractivity contribution in [1.29, 1.82) is 0 Å². The number of thioether (sulfide) groups is 1. The van der Waals surface area contributed by atoms with Gasteiger partial charge in [-0.25, -0.2) is 24.2 Å². The number of nitrogens with one attached hydrogen (secondary N) is 2. The van der Waals surface area contributed by atoms with Gasteiger partial charge in [-0.05, 0) is 26.0 Å². The summed E-state index contributed by atoms with van der Waals surface area (Å²) >= 11 is 1.40. The van der Waals surface area contributed by atoms with Crippen molar-refractivity contribution < 1.29 is 14.3 Å². The fourth-order valence-corrected chi connectivity index (χ4v) is 4.16. The Hall–Kier alpha value is -3.40. The Bertz CT molecular complexity index is 1130. The van der Waals surface area contributed by atoms with Crippen LogP contribution in [-0.4, -0.2) is 50.2 Å². The van der Waals surface area contributed by atoms with Gasteiger partial charge in [0.1, 0.15) is 11.4 Å². The van der Waals surface area contributed by atoms with Gasteiger partial charge in [-0.2, -0.15) is 5.10 Å². The van der Waals surface area contributed by atoms with Gasteiger partial charge in [0.15, 0.2) is 5.65 Å². The highest BCUT2D eigenvalue weighted by Crippen LogP contribution is 2.28. The van der Waals surface area contributed by atoms with Gasteiger partial charge in [0.25, 0.3) is 0 Å². The molecule has 0 fully saturated rings. The van der Waals surface area contributed by atoms with Crippen LogP contribution in [0, 0.1) is 0 Å². The number of ether oxygens (including phenoxy) is 1. The van der Waals surface area contributed by atoms with E-state index >= 15 is 0 Å². The van der Waals surface area contributed by atoms with E-state index in [9.17, 15) is 9.59 Å². The number of benzene rings is 1. The minimum absolute atomic E-state index is 0.259. The zero-order chi connectivity index (χ0) is 21.1. The third kappa shape index (κ3) is 3.86. The number of esters is 1. The Morgan fingerprint density at radius 1 is 1.27 bits per heavy atom. The topological polar surface area (TPSA) is 111 Å². The highest BCUT2D eigenvalue weighted by molar-refractivity contribution is 7.99. The van der Waals surface area contributed by atoms with E-state index in [1.54, 1.807) is 24.7 Å². The summed E-state index contributed by atoms with van der Waals surface area (Å²) in [5.41, 5.74) is 2.50. The van der Waals surface area contributed by atoms with Crippen molar-refractivity contribution in [3.63, 3.8) is 0 Å². The molecule has 4 rings (SSSR count). The fraction of sp³-hybridized carbons (Fsp3) is 0.250. The summed E-state index contributed by atoms with van der Waals surface area (Å²) in [6.07, 6.45) is 3.20. The molecule has 0 unspecified atom stereocenters. The van der Waals surface area contributed by atoms with E-state index in [1.807, 2.05) is 30.3 Å². The summed E-state index contributed by atoms with van der Waals surface area (Å²) in [5, 5.41) is 11.4. The van der Waals surface area contributed by atoms with Gasteiger partial charge in [0.2, 0.25) is 0 Å². The number of aromatic nitrogens is 4. The molecule has 1 atom stereocenters. The van der Waals surface area contributed by atoms with E-state index in [0.29, 0.717) is 27.7 Å². The van der Waals surface area contributed by atoms with Crippen molar-refractivity contribution in [3.05, 3.63) is 54.1 Å². The maximum atomic E-state index is 12.4. The molecule has 2 amide bonds. The molecule has 9 nitrogen and oxygen atoms in total. The first-order valence-electron chi connectivity index (χ1n) is 9.43. The van der Waals surface area contributed by atoms with Crippen molar-refractivity contribution in [2.75, 3.05) is 12.4 Å². The third-order valence-corrected chi connectivity index (χ3v) is 5.58. The molecule has 154 valence electrons. The minimum Gasteiger partial charge on any atom is -0.463 e. The molecule has 0 radical (unpaired) electrons. The second-order valence-corrected chi connectivity index (χ2v) is 7.49. The number of nitrogens with zero attached hydrogens (tertiary/aromatic N) is 4. The number of carbonyl (C=O) groups is 2. The molecule has 2 N–H and O–H groups in total. The lowest BCUT2D eigenvalue weighted by atomic mass is 10.1.